The summed E-state index contributed by atoms with van der Waals surface area (Å²) in [6.45, 7) is 5.50. The second-order valence-electron chi connectivity index (χ2n) is 4.67. The zero-order valence-electron chi connectivity index (χ0n) is 11.6. The maximum atomic E-state index is 3.52. The quantitative estimate of drug-likeness (QED) is 0.712. The van der Waals surface area contributed by atoms with Crippen LogP contribution in [0.5, 0.6) is 0 Å². The van der Waals surface area contributed by atoms with Crippen LogP contribution in [-0.4, -0.2) is 6.54 Å². The van der Waals surface area contributed by atoms with Crippen molar-refractivity contribution in [3.63, 3.8) is 0 Å². The van der Waals surface area contributed by atoms with E-state index in [1.165, 1.54) is 22.4 Å². The molecule has 1 N–H and O–H groups in total. The predicted molar refractivity (Wildman–Crippen MR) is 87.0 cm³/mol. The van der Waals surface area contributed by atoms with Gasteiger partial charge in [0.1, 0.15) is 0 Å². The number of hydrogen-bond acceptors (Lipinski definition) is 3. The van der Waals surface area contributed by atoms with Gasteiger partial charge in [-0.25, -0.2) is 0 Å². The van der Waals surface area contributed by atoms with Crippen LogP contribution in [0.15, 0.2) is 46.0 Å². The van der Waals surface area contributed by atoms with Gasteiger partial charge < -0.3 is 5.32 Å². The highest BCUT2D eigenvalue weighted by Gasteiger charge is 2.04. The molecule has 1 aromatic carbocycles. The Balaban J connectivity index is 1.87. The highest BCUT2D eigenvalue weighted by atomic mass is 32.2. The van der Waals surface area contributed by atoms with Gasteiger partial charge in [0.25, 0.3) is 0 Å². The predicted octanol–water partition coefficient (Wildman–Crippen LogP) is 5.10. The largest absolute Gasteiger partial charge is 0.310 e. The van der Waals surface area contributed by atoms with Gasteiger partial charge in [-0.3, -0.25) is 0 Å². The minimum absolute atomic E-state index is 0.441. The first-order valence-electron chi connectivity index (χ1n) is 6.77. The van der Waals surface area contributed by atoms with E-state index in [9.17, 15) is 0 Å². The molecule has 1 nitrogen and oxygen atoms in total. The summed E-state index contributed by atoms with van der Waals surface area (Å²) in [7, 11) is 0. The fraction of sp³-hybridized carbons (Fsp3) is 0.375. The van der Waals surface area contributed by atoms with Crippen LogP contribution in [0.25, 0.3) is 0 Å². The molecular formula is C16H21NS2. The van der Waals surface area contributed by atoms with Gasteiger partial charge in [0.05, 0.1) is 0 Å². The molecule has 0 spiro atoms. The van der Waals surface area contributed by atoms with Crippen LogP contribution < -0.4 is 5.32 Å². The van der Waals surface area contributed by atoms with Crippen LogP contribution in [0.3, 0.4) is 0 Å². The molecule has 1 unspecified atom stereocenters. The molecule has 3 heteroatoms. The lowest BCUT2D eigenvalue weighted by molar-refractivity contribution is 0.570. The molecule has 0 bridgehead atoms. The average Bonchev–Trinajstić information content (AvgIpc) is 2.96. The summed E-state index contributed by atoms with van der Waals surface area (Å²) in [6, 6.07) is 11.6. The van der Waals surface area contributed by atoms with Gasteiger partial charge in [-0.2, -0.15) is 11.3 Å². The average molecular weight is 291 g/mol. The van der Waals surface area contributed by atoms with Gasteiger partial charge in [-0.15, -0.1) is 11.8 Å². The number of thiophene rings is 1. The Hall–Kier alpha value is -0.770. The molecule has 0 aliphatic carbocycles. The Morgan fingerprint density at radius 1 is 1.21 bits per heavy atom. The third kappa shape index (κ3) is 4.68. The Labute approximate surface area is 124 Å². The summed E-state index contributed by atoms with van der Waals surface area (Å²) in [5, 5.41) is 7.88. The second kappa shape index (κ2) is 7.73. The van der Waals surface area contributed by atoms with E-state index in [1.54, 1.807) is 11.3 Å². The van der Waals surface area contributed by atoms with Crippen LogP contribution in [0.1, 0.15) is 37.4 Å². The number of hydrogen-bond donors (Lipinski definition) is 1. The standard InChI is InChI=1S/C16H21NS2/c1-3-9-17-13(2)15-4-6-16(7-5-15)19-12-14-8-10-18-11-14/h4-8,10-11,13,17H,3,9,12H2,1-2H3. The topological polar surface area (TPSA) is 12.0 Å². The van der Waals surface area contributed by atoms with E-state index in [1.807, 2.05) is 11.8 Å². The molecule has 19 heavy (non-hydrogen) atoms. The molecule has 2 rings (SSSR count). The third-order valence-electron chi connectivity index (χ3n) is 3.07. The van der Waals surface area contributed by atoms with E-state index in [0.717, 1.165) is 12.3 Å². The molecule has 1 atom stereocenters. The van der Waals surface area contributed by atoms with E-state index < -0.39 is 0 Å². The lowest BCUT2D eigenvalue weighted by Crippen LogP contribution is -2.19. The summed E-state index contributed by atoms with van der Waals surface area (Å²) in [5.74, 6) is 1.06. The van der Waals surface area contributed by atoms with E-state index in [2.05, 4.69) is 60.3 Å². The lowest BCUT2D eigenvalue weighted by Gasteiger charge is -2.13. The SMILES string of the molecule is CCCNC(C)c1ccc(SCc2ccsc2)cc1. The number of rotatable bonds is 7. The second-order valence-corrected chi connectivity index (χ2v) is 6.49. The molecule has 0 amide bonds. The molecule has 0 saturated heterocycles. The molecule has 0 aliphatic heterocycles. The van der Waals surface area contributed by atoms with E-state index in [-0.39, 0.29) is 0 Å². The van der Waals surface area contributed by atoms with Gasteiger partial charge in [-0.1, -0.05) is 19.1 Å². The van der Waals surface area contributed by atoms with E-state index in [0.29, 0.717) is 6.04 Å². The number of nitrogens with one attached hydrogen (secondary N) is 1. The molecule has 2 aromatic rings. The Bertz CT molecular complexity index is 462. The molecule has 0 radical (unpaired) electrons. The lowest BCUT2D eigenvalue weighted by atomic mass is 10.1. The van der Waals surface area contributed by atoms with Crippen molar-refractivity contribution in [1.29, 1.82) is 0 Å². The van der Waals surface area contributed by atoms with Crippen LogP contribution in [-0.2, 0) is 5.75 Å². The smallest absolute Gasteiger partial charge is 0.0291 e. The zero-order valence-corrected chi connectivity index (χ0v) is 13.2. The van der Waals surface area contributed by atoms with Crippen LogP contribution in [0, 0.1) is 0 Å². The molecular weight excluding hydrogens is 270 g/mol. The molecule has 0 fully saturated rings. The maximum Gasteiger partial charge on any atom is 0.0291 e. The maximum absolute atomic E-state index is 3.52. The monoisotopic (exact) mass is 291 g/mol. The van der Waals surface area contributed by atoms with Gasteiger partial charge in [-0.05, 0) is 60.0 Å². The highest BCUT2D eigenvalue weighted by Crippen LogP contribution is 2.25. The van der Waals surface area contributed by atoms with Crippen molar-refractivity contribution >= 4 is 23.1 Å². The molecule has 0 aliphatic rings. The van der Waals surface area contributed by atoms with Crippen molar-refractivity contribution in [2.24, 2.45) is 0 Å². The zero-order chi connectivity index (χ0) is 13.5. The van der Waals surface area contributed by atoms with Crippen molar-refractivity contribution in [2.75, 3.05) is 6.54 Å². The summed E-state index contributed by atoms with van der Waals surface area (Å²) in [4.78, 5) is 1.35. The molecule has 1 aromatic heterocycles. The summed E-state index contributed by atoms with van der Waals surface area (Å²) in [5.41, 5.74) is 2.78. The normalized spacial score (nSPS) is 12.5. The van der Waals surface area contributed by atoms with Gasteiger partial charge in [0.15, 0.2) is 0 Å². The summed E-state index contributed by atoms with van der Waals surface area (Å²) < 4.78 is 0. The van der Waals surface area contributed by atoms with Crippen molar-refractivity contribution in [1.82, 2.24) is 5.32 Å². The molecule has 1 heterocycles. The third-order valence-corrected chi connectivity index (χ3v) is 4.88. The number of thioether (sulfide) groups is 1. The van der Waals surface area contributed by atoms with Crippen molar-refractivity contribution in [3.8, 4) is 0 Å². The van der Waals surface area contributed by atoms with Crippen LogP contribution >= 0.6 is 23.1 Å². The minimum atomic E-state index is 0.441. The Morgan fingerprint density at radius 3 is 2.63 bits per heavy atom. The van der Waals surface area contributed by atoms with Gasteiger partial charge >= 0.3 is 0 Å². The number of benzene rings is 1. The molecule has 102 valence electrons. The van der Waals surface area contributed by atoms with E-state index in [4.69, 9.17) is 0 Å². The fourth-order valence-electron chi connectivity index (χ4n) is 1.87. The van der Waals surface area contributed by atoms with Crippen molar-refractivity contribution < 1.29 is 0 Å². The first-order valence-corrected chi connectivity index (χ1v) is 8.69. The van der Waals surface area contributed by atoms with Crippen molar-refractivity contribution in [2.45, 2.75) is 37.0 Å². The first kappa shape index (κ1) is 14.6. The van der Waals surface area contributed by atoms with E-state index >= 15 is 0 Å². The Morgan fingerprint density at radius 2 is 2.00 bits per heavy atom. The first-order chi connectivity index (χ1) is 9.29. The highest BCUT2D eigenvalue weighted by molar-refractivity contribution is 7.98. The summed E-state index contributed by atoms with van der Waals surface area (Å²) >= 11 is 3.67. The summed E-state index contributed by atoms with van der Waals surface area (Å²) in [6.07, 6.45) is 1.18. The van der Waals surface area contributed by atoms with Gasteiger partial charge in [0.2, 0.25) is 0 Å². The van der Waals surface area contributed by atoms with Crippen LogP contribution in [0.4, 0.5) is 0 Å². The minimum Gasteiger partial charge on any atom is -0.310 e. The Kier molecular flexibility index (Phi) is 5.95. The fourth-order valence-corrected chi connectivity index (χ4v) is 3.49. The van der Waals surface area contributed by atoms with Gasteiger partial charge in [0, 0.05) is 16.7 Å². The molecule has 0 saturated carbocycles. The van der Waals surface area contributed by atoms with Crippen molar-refractivity contribution in [3.05, 3.63) is 52.2 Å². The van der Waals surface area contributed by atoms with Crippen LogP contribution in [0.2, 0.25) is 0 Å².